The molecule has 4 rings (SSSR count). The Morgan fingerprint density at radius 1 is 1.36 bits per heavy atom. The Hall–Kier alpha value is -2.37. The van der Waals surface area contributed by atoms with E-state index in [1.54, 1.807) is 16.8 Å². The van der Waals surface area contributed by atoms with E-state index < -0.39 is 24.1 Å². The van der Waals surface area contributed by atoms with Crippen LogP contribution in [0.15, 0.2) is 12.1 Å². The number of hydrogen-bond donors (Lipinski definition) is 3. The van der Waals surface area contributed by atoms with Crippen LogP contribution in [0.25, 0.3) is 5.52 Å². The summed E-state index contributed by atoms with van der Waals surface area (Å²) in [5.74, 6) is -0.416. The topological polar surface area (TPSA) is 108 Å². The number of pyridine rings is 1. The Kier molecular flexibility index (Phi) is 6.32. The average molecular weight is 479 g/mol. The van der Waals surface area contributed by atoms with Gasteiger partial charge >= 0.3 is 0 Å². The highest BCUT2D eigenvalue weighted by molar-refractivity contribution is 8.14. The second kappa shape index (κ2) is 8.77. The summed E-state index contributed by atoms with van der Waals surface area (Å²) in [6, 6.07) is 4.14. The van der Waals surface area contributed by atoms with Gasteiger partial charge in [0.25, 0.3) is 5.91 Å². The minimum atomic E-state index is -1.34. The first-order valence-electron chi connectivity index (χ1n) is 11.1. The fourth-order valence-electron chi connectivity index (χ4n) is 4.80. The van der Waals surface area contributed by atoms with Crippen molar-refractivity contribution >= 4 is 39.7 Å². The first-order valence-corrected chi connectivity index (χ1v) is 11.9. The van der Waals surface area contributed by atoms with Gasteiger partial charge in [-0.05, 0) is 32.4 Å². The van der Waals surface area contributed by atoms with E-state index >= 15 is 0 Å². The number of amides is 1. The van der Waals surface area contributed by atoms with Crippen LogP contribution in [0.3, 0.4) is 0 Å². The number of anilines is 2. The summed E-state index contributed by atoms with van der Waals surface area (Å²) in [7, 11) is 1.77. The first kappa shape index (κ1) is 23.8. The van der Waals surface area contributed by atoms with Crippen LogP contribution >= 0.6 is 11.8 Å². The molecule has 4 heterocycles. The lowest BCUT2D eigenvalue weighted by molar-refractivity contribution is -0.156. The van der Waals surface area contributed by atoms with E-state index in [4.69, 9.17) is 15.6 Å². The van der Waals surface area contributed by atoms with Crippen LogP contribution < -0.4 is 9.80 Å². The zero-order valence-corrected chi connectivity index (χ0v) is 20.2. The van der Waals surface area contributed by atoms with Crippen molar-refractivity contribution in [1.29, 1.82) is 5.41 Å². The van der Waals surface area contributed by atoms with Gasteiger partial charge in [0.2, 0.25) is 0 Å². The molecule has 2 aromatic rings. The number of aryl methyl sites for hydroxylation is 2. The number of alkyl halides is 1. The number of likely N-dealkylation sites (tertiary alicyclic amines) is 1. The van der Waals surface area contributed by atoms with Crippen molar-refractivity contribution in [3.63, 3.8) is 0 Å². The van der Waals surface area contributed by atoms with Crippen LogP contribution in [0.2, 0.25) is 0 Å². The average Bonchev–Trinajstić information content (AvgIpc) is 3.09. The Bertz CT molecular complexity index is 1080. The van der Waals surface area contributed by atoms with Crippen molar-refractivity contribution in [3.8, 4) is 0 Å². The molecule has 0 aliphatic carbocycles. The van der Waals surface area contributed by atoms with Crippen molar-refractivity contribution in [2.45, 2.75) is 38.8 Å². The predicted octanol–water partition coefficient (Wildman–Crippen LogP) is 1.63. The van der Waals surface area contributed by atoms with E-state index in [1.165, 1.54) is 6.92 Å². The Labute approximate surface area is 196 Å². The number of hydrogen-bond acceptors (Lipinski definition) is 7. The van der Waals surface area contributed by atoms with Gasteiger partial charge in [0.05, 0.1) is 23.5 Å². The summed E-state index contributed by atoms with van der Waals surface area (Å²) in [6.45, 7) is 7.63. The molecule has 2 aliphatic rings. The molecule has 33 heavy (non-hydrogen) atoms. The minimum absolute atomic E-state index is 0.0232. The number of aromatic nitrogens is 2. The summed E-state index contributed by atoms with van der Waals surface area (Å²) in [6.07, 6.45) is -0.652. The van der Waals surface area contributed by atoms with E-state index in [2.05, 4.69) is 17.0 Å². The summed E-state index contributed by atoms with van der Waals surface area (Å²) in [5, 5.41) is 31.7. The molecular formula is C22H31FN6O3S. The maximum Gasteiger partial charge on any atom is 0.253 e. The van der Waals surface area contributed by atoms with Gasteiger partial charge in [0, 0.05) is 50.0 Å². The number of amidine groups is 1. The molecule has 1 amide bonds. The Morgan fingerprint density at radius 3 is 2.61 bits per heavy atom. The number of rotatable bonds is 6. The number of aliphatic hydroxyl groups is 2. The molecule has 0 bridgehead atoms. The van der Waals surface area contributed by atoms with Crippen LogP contribution in [0.5, 0.6) is 0 Å². The molecule has 0 aromatic carbocycles. The fourth-order valence-corrected chi connectivity index (χ4v) is 5.36. The lowest BCUT2D eigenvalue weighted by atomic mass is 9.72. The number of thioether (sulfide) groups is 1. The molecule has 2 saturated heterocycles. The third-order valence-electron chi connectivity index (χ3n) is 6.43. The lowest BCUT2D eigenvalue weighted by Crippen LogP contribution is -2.74. The van der Waals surface area contributed by atoms with E-state index in [0.29, 0.717) is 19.5 Å². The molecule has 2 fully saturated rings. The van der Waals surface area contributed by atoms with Gasteiger partial charge in [-0.2, -0.15) is 5.10 Å². The van der Waals surface area contributed by atoms with E-state index in [-0.39, 0.29) is 10.6 Å². The third-order valence-corrected chi connectivity index (χ3v) is 7.25. The van der Waals surface area contributed by atoms with Crippen LogP contribution in [0.1, 0.15) is 25.2 Å². The minimum Gasteiger partial charge on any atom is -0.393 e. The fraction of sp³-hybridized carbons (Fsp3) is 0.591. The molecule has 2 aliphatic heterocycles. The standard InChI is InChI=1S/C22H31FN6O3S/c1-5-16-19(26(4)21(24)33-14(3)23)17-7-15(6-13(2)29(17)25-16)27-9-22(10-27)11-28(12-22)20(32)18(31)8-30/h6-7,14,18,24,30-31H,5,8-12H2,1-4H3/t14?,18-/m1/s1. The van der Waals surface area contributed by atoms with Crippen molar-refractivity contribution < 1.29 is 19.4 Å². The van der Waals surface area contributed by atoms with Gasteiger partial charge < -0.3 is 24.9 Å². The molecule has 11 heteroatoms. The number of carbonyl (C=O) groups excluding carboxylic acids is 1. The maximum absolute atomic E-state index is 13.5. The van der Waals surface area contributed by atoms with Crippen LogP contribution in [0.4, 0.5) is 15.8 Å². The van der Waals surface area contributed by atoms with Crippen molar-refractivity contribution in [3.05, 3.63) is 23.5 Å². The highest BCUT2D eigenvalue weighted by Gasteiger charge is 2.53. The SMILES string of the molecule is CCc1nn2c(C)cc(N3CC4(CN(C(=O)[C@H](O)CO)C4)C3)cc2c1N(C)C(=N)SC(C)F. The van der Waals surface area contributed by atoms with Crippen molar-refractivity contribution in [1.82, 2.24) is 14.5 Å². The highest BCUT2D eigenvalue weighted by atomic mass is 32.2. The van der Waals surface area contributed by atoms with Crippen LogP contribution in [-0.2, 0) is 11.2 Å². The van der Waals surface area contributed by atoms with Gasteiger partial charge in [-0.15, -0.1) is 0 Å². The Balaban J connectivity index is 1.55. The van der Waals surface area contributed by atoms with Crippen LogP contribution in [0, 0.1) is 17.7 Å². The smallest absolute Gasteiger partial charge is 0.253 e. The van der Waals surface area contributed by atoms with Crippen molar-refractivity contribution in [2.75, 3.05) is 49.6 Å². The van der Waals surface area contributed by atoms with E-state index in [0.717, 1.165) is 53.1 Å². The molecule has 1 unspecified atom stereocenters. The zero-order valence-electron chi connectivity index (χ0n) is 19.4. The zero-order chi connectivity index (χ0) is 24.1. The molecule has 2 atom stereocenters. The largest absolute Gasteiger partial charge is 0.393 e. The molecule has 0 saturated carbocycles. The van der Waals surface area contributed by atoms with Crippen LogP contribution in [-0.4, -0.2) is 87.2 Å². The Morgan fingerprint density at radius 2 is 2.03 bits per heavy atom. The van der Waals surface area contributed by atoms with E-state index in [9.17, 15) is 14.3 Å². The predicted molar refractivity (Wildman–Crippen MR) is 128 cm³/mol. The summed E-state index contributed by atoms with van der Waals surface area (Å²) in [4.78, 5) is 17.6. The monoisotopic (exact) mass is 478 g/mol. The quantitative estimate of drug-likeness (QED) is 0.428. The summed E-state index contributed by atoms with van der Waals surface area (Å²) < 4.78 is 15.4. The molecule has 0 radical (unpaired) electrons. The second-order valence-electron chi connectivity index (χ2n) is 9.07. The van der Waals surface area contributed by atoms with E-state index in [1.807, 2.05) is 18.4 Å². The van der Waals surface area contributed by atoms with Gasteiger partial charge in [-0.3, -0.25) is 10.2 Å². The lowest BCUT2D eigenvalue weighted by Gasteiger charge is -2.61. The summed E-state index contributed by atoms with van der Waals surface area (Å²) in [5.41, 5.74) is 3.40. The number of aliphatic hydroxyl groups excluding tert-OH is 2. The molecular weight excluding hydrogens is 447 g/mol. The first-order chi connectivity index (χ1) is 15.6. The molecule has 9 nitrogen and oxygen atoms in total. The number of carbonyl (C=O) groups is 1. The second-order valence-corrected chi connectivity index (χ2v) is 10.3. The molecule has 1 spiro atoms. The number of fused-ring (bicyclic) bond motifs is 1. The van der Waals surface area contributed by atoms with Gasteiger partial charge in [0.1, 0.15) is 5.50 Å². The van der Waals surface area contributed by atoms with Gasteiger partial charge in [-0.1, -0.05) is 18.7 Å². The number of nitrogens with one attached hydrogen (secondary N) is 1. The molecule has 2 aromatic heterocycles. The highest BCUT2D eigenvalue weighted by Crippen LogP contribution is 2.43. The normalized spacial score (nSPS) is 18.8. The molecule has 3 N–H and O–H groups in total. The number of halogens is 1. The van der Waals surface area contributed by atoms with Gasteiger partial charge in [-0.25, -0.2) is 8.91 Å². The third kappa shape index (κ3) is 4.17. The number of nitrogens with zero attached hydrogens (tertiary/aromatic N) is 5. The van der Waals surface area contributed by atoms with Crippen molar-refractivity contribution in [2.24, 2.45) is 5.41 Å². The maximum atomic E-state index is 13.5. The molecule has 180 valence electrons. The summed E-state index contributed by atoms with van der Waals surface area (Å²) >= 11 is 0.865. The van der Waals surface area contributed by atoms with Gasteiger partial charge in [0.15, 0.2) is 11.3 Å².